The lowest BCUT2D eigenvalue weighted by atomic mass is 10.0. The summed E-state index contributed by atoms with van der Waals surface area (Å²) in [4.78, 5) is 4.21. The van der Waals surface area contributed by atoms with E-state index in [0.717, 1.165) is 25.0 Å². The predicted molar refractivity (Wildman–Crippen MR) is 44.6 cm³/mol. The number of nitriles is 1. The summed E-state index contributed by atoms with van der Waals surface area (Å²) in [6, 6.07) is 2.32. The lowest BCUT2D eigenvalue weighted by molar-refractivity contribution is 0.477. The van der Waals surface area contributed by atoms with E-state index in [9.17, 15) is 0 Å². The number of rotatable bonds is 0. The number of hydrogen-bond donors (Lipinski definition) is 0. The van der Waals surface area contributed by atoms with Gasteiger partial charge in [0.25, 0.3) is 0 Å². The minimum atomic E-state index is 0.0231. The Morgan fingerprint density at radius 1 is 1.75 bits per heavy atom. The molecule has 0 bridgehead atoms. The molecule has 0 fully saturated rings. The molecule has 62 valence electrons. The Labute approximate surface area is 71.6 Å². The van der Waals surface area contributed by atoms with Gasteiger partial charge in [-0.25, -0.2) is 4.98 Å². The first-order valence-electron chi connectivity index (χ1n) is 4.25. The normalized spacial score (nSPS) is 21.5. The summed E-state index contributed by atoms with van der Waals surface area (Å²) in [5, 5.41) is 8.85. The van der Waals surface area contributed by atoms with Gasteiger partial charge < -0.3 is 4.57 Å². The summed E-state index contributed by atoms with van der Waals surface area (Å²) in [5.74, 6) is 0. The number of imidazole rings is 1. The Morgan fingerprint density at radius 2 is 2.58 bits per heavy atom. The molecule has 2 rings (SSSR count). The molecule has 1 aliphatic heterocycles. The van der Waals surface area contributed by atoms with E-state index in [4.69, 9.17) is 5.26 Å². The molecule has 0 amide bonds. The van der Waals surface area contributed by atoms with E-state index in [2.05, 4.69) is 11.1 Å². The largest absolute Gasteiger partial charge is 0.318 e. The molecule has 3 nitrogen and oxygen atoms in total. The van der Waals surface area contributed by atoms with Gasteiger partial charge in [0.15, 0.2) is 0 Å². The van der Waals surface area contributed by atoms with E-state index >= 15 is 0 Å². The molecule has 0 radical (unpaired) electrons. The Hall–Kier alpha value is -1.30. The zero-order chi connectivity index (χ0) is 8.55. The molecule has 12 heavy (non-hydrogen) atoms. The van der Waals surface area contributed by atoms with Gasteiger partial charge in [0.2, 0.25) is 0 Å². The minimum Gasteiger partial charge on any atom is -0.318 e. The van der Waals surface area contributed by atoms with Crippen LogP contribution in [0.5, 0.6) is 0 Å². The van der Waals surface area contributed by atoms with Gasteiger partial charge in [-0.15, -0.1) is 0 Å². The molecule has 0 saturated heterocycles. The number of hydrogen-bond acceptors (Lipinski definition) is 2. The van der Waals surface area contributed by atoms with Crippen LogP contribution in [0.4, 0.5) is 0 Å². The van der Waals surface area contributed by atoms with Crippen molar-refractivity contribution < 1.29 is 0 Å². The minimum absolute atomic E-state index is 0.0231. The van der Waals surface area contributed by atoms with E-state index < -0.39 is 0 Å². The standard InChI is InChI=1S/C9H11N3/c1-7-9-4-2-3-8(5-10)12(9)6-11-7/h6,8H,2-4H2,1H3. The van der Waals surface area contributed by atoms with Crippen molar-refractivity contribution in [1.29, 1.82) is 5.26 Å². The van der Waals surface area contributed by atoms with Gasteiger partial charge in [0.1, 0.15) is 6.04 Å². The second-order valence-corrected chi connectivity index (χ2v) is 3.22. The second-order valence-electron chi connectivity index (χ2n) is 3.22. The number of aryl methyl sites for hydroxylation is 1. The highest BCUT2D eigenvalue weighted by atomic mass is 15.1. The molecule has 3 heteroatoms. The van der Waals surface area contributed by atoms with Crippen LogP contribution in [-0.2, 0) is 6.42 Å². The Kier molecular flexibility index (Phi) is 1.61. The highest BCUT2D eigenvalue weighted by molar-refractivity contribution is 5.16. The first kappa shape index (κ1) is 7.35. The van der Waals surface area contributed by atoms with Gasteiger partial charge in [0, 0.05) is 5.69 Å². The van der Waals surface area contributed by atoms with Crippen LogP contribution in [0.2, 0.25) is 0 Å². The lowest BCUT2D eigenvalue weighted by Gasteiger charge is -2.19. The molecule has 0 aliphatic carbocycles. The summed E-state index contributed by atoms with van der Waals surface area (Å²) in [5.41, 5.74) is 2.32. The van der Waals surface area contributed by atoms with E-state index in [0.29, 0.717) is 0 Å². The van der Waals surface area contributed by atoms with E-state index in [-0.39, 0.29) is 6.04 Å². The maximum Gasteiger partial charge on any atom is 0.122 e. The van der Waals surface area contributed by atoms with Crippen LogP contribution in [-0.4, -0.2) is 9.55 Å². The molecule has 1 aromatic heterocycles. The van der Waals surface area contributed by atoms with E-state index in [1.54, 1.807) is 6.33 Å². The fraction of sp³-hybridized carbons (Fsp3) is 0.556. The molecule has 1 aromatic rings. The zero-order valence-corrected chi connectivity index (χ0v) is 7.12. The monoisotopic (exact) mass is 161 g/mol. The van der Waals surface area contributed by atoms with Crippen LogP contribution in [0.25, 0.3) is 0 Å². The molecule has 0 spiro atoms. The fourth-order valence-corrected chi connectivity index (χ4v) is 1.79. The van der Waals surface area contributed by atoms with Gasteiger partial charge in [0.05, 0.1) is 18.1 Å². The summed E-state index contributed by atoms with van der Waals surface area (Å²) in [6.45, 7) is 2.01. The quantitative estimate of drug-likeness (QED) is 0.579. The summed E-state index contributed by atoms with van der Waals surface area (Å²) >= 11 is 0. The molecule has 1 atom stereocenters. The van der Waals surface area contributed by atoms with Crippen molar-refractivity contribution in [2.24, 2.45) is 0 Å². The fourth-order valence-electron chi connectivity index (χ4n) is 1.79. The molecular formula is C9H11N3. The Bertz CT molecular complexity index is 332. The van der Waals surface area contributed by atoms with Crippen molar-refractivity contribution in [1.82, 2.24) is 9.55 Å². The smallest absolute Gasteiger partial charge is 0.122 e. The van der Waals surface area contributed by atoms with E-state index in [1.807, 2.05) is 11.5 Å². The van der Waals surface area contributed by atoms with Gasteiger partial charge in [-0.05, 0) is 26.2 Å². The lowest BCUT2D eigenvalue weighted by Crippen LogP contribution is -2.15. The van der Waals surface area contributed by atoms with Crippen LogP contribution < -0.4 is 0 Å². The molecule has 0 saturated carbocycles. The predicted octanol–water partition coefficient (Wildman–Crippen LogP) is 1.59. The number of nitrogens with zero attached hydrogens (tertiary/aromatic N) is 3. The van der Waals surface area contributed by atoms with Gasteiger partial charge >= 0.3 is 0 Å². The van der Waals surface area contributed by atoms with Gasteiger partial charge in [-0.3, -0.25) is 0 Å². The van der Waals surface area contributed by atoms with Crippen molar-refractivity contribution in [3.05, 3.63) is 17.7 Å². The van der Waals surface area contributed by atoms with Crippen molar-refractivity contribution in [3.63, 3.8) is 0 Å². The summed E-state index contributed by atoms with van der Waals surface area (Å²) < 4.78 is 2.01. The maximum absolute atomic E-state index is 8.85. The molecule has 0 aromatic carbocycles. The highest BCUT2D eigenvalue weighted by Gasteiger charge is 2.20. The van der Waals surface area contributed by atoms with Crippen LogP contribution in [0.15, 0.2) is 6.33 Å². The van der Waals surface area contributed by atoms with Crippen LogP contribution >= 0.6 is 0 Å². The van der Waals surface area contributed by atoms with Crippen LogP contribution in [0.1, 0.15) is 30.3 Å². The third kappa shape index (κ3) is 0.918. The second kappa shape index (κ2) is 2.63. The number of fused-ring (bicyclic) bond motifs is 1. The average molecular weight is 161 g/mol. The first-order chi connectivity index (χ1) is 5.83. The van der Waals surface area contributed by atoms with Crippen molar-refractivity contribution in [3.8, 4) is 6.07 Å². The van der Waals surface area contributed by atoms with Crippen molar-refractivity contribution >= 4 is 0 Å². The SMILES string of the molecule is Cc1ncn2c1CCCC2C#N. The Balaban J connectivity index is 2.47. The third-order valence-corrected chi connectivity index (χ3v) is 2.48. The highest BCUT2D eigenvalue weighted by Crippen LogP contribution is 2.25. The van der Waals surface area contributed by atoms with Gasteiger partial charge in [-0.2, -0.15) is 5.26 Å². The molecule has 0 N–H and O–H groups in total. The van der Waals surface area contributed by atoms with E-state index in [1.165, 1.54) is 5.69 Å². The third-order valence-electron chi connectivity index (χ3n) is 2.48. The maximum atomic E-state index is 8.85. The van der Waals surface area contributed by atoms with Gasteiger partial charge in [-0.1, -0.05) is 0 Å². The number of aromatic nitrogens is 2. The zero-order valence-electron chi connectivity index (χ0n) is 7.12. The molecular weight excluding hydrogens is 150 g/mol. The average Bonchev–Trinajstić information content (AvgIpc) is 2.48. The molecule has 2 heterocycles. The molecule has 1 unspecified atom stereocenters. The topological polar surface area (TPSA) is 41.6 Å². The first-order valence-corrected chi connectivity index (χ1v) is 4.25. The van der Waals surface area contributed by atoms with Crippen LogP contribution in [0.3, 0.4) is 0 Å². The summed E-state index contributed by atoms with van der Waals surface area (Å²) in [6.07, 6.45) is 4.95. The summed E-state index contributed by atoms with van der Waals surface area (Å²) in [7, 11) is 0. The Morgan fingerprint density at radius 3 is 3.33 bits per heavy atom. The van der Waals surface area contributed by atoms with Crippen molar-refractivity contribution in [2.45, 2.75) is 32.2 Å². The van der Waals surface area contributed by atoms with Crippen LogP contribution in [0, 0.1) is 18.3 Å². The molecule has 1 aliphatic rings. The van der Waals surface area contributed by atoms with Crippen molar-refractivity contribution in [2.75, 3.05) is 0 Å².